The number of amides is 1. The lowest BCUT2D eigenvalue weighted by Gasteiger charge is -2.41. The number of esters is 1. The number of unbranched alkanes of at least 4 members (excludes halogenated alkanes) is 28. The molecule has 0 bridgehead atoms. The van der Waals surface area contributed by atoms with Gasteiger partial charge < -0.3 is 45.1 Å². The van der Waals surface area contributed by atoms with Crippen LogP contribution in [0, 0.1) is 0 Å². The van der Waals surface area contributed by atoms with Crippen LogP contribution < -0.4 is 5.32 Å². The molecular formula is C58H105NO10. The number of hydrogen-bond donors (Lipinski definition) is 6. The van der Waals surface area contributed by atoms with E-state index in [0.717, 1.165) is 89.9 Å². The Kier molecular flexibility index (Phi) is 43.7. The number of aliphatic hydroxyl groups excluding tert-OH is 5. The lowest BCUT2D eigenvalue weighted by atomic mass is 9.99. The molecule has 8 unspecified atom stereocenters. The lowest BCUT2D eigenvalue weighted by molar-refractivity contribution is -0.305. The monoisotopic (exact) mass is 976 g/mol. The van der Waals surface area contributed by atoms with Gasteiger partial charge in [0.2, 0.25) is 5.91 Å². The third kappa shape index (κ3) is 35.4. The molecule has 0 spiro atoms. The zero-order chi connectivity index (χ0) is 50.4. The van der Waals surface area contributed by atoms with Crippen LogP contribution in [0.1, 0.15) is 245 Å². The molecule has 69 heavy (non-hydrogen) atoms. The average molecular weight is 976 g/mol. The van der Waals surface area contributed by atoms with Gasteiger partial charge in [-0.15, -0.1) is 0 Å². The number of aliphatic hydroxyl groups is 5. The van der Waals surface area contributed by atoms with Crippen molar-refractivity contribution in [1.29, 1.82) is 0 Å². The van der Waals surface area contributed by atoms with Gasteiger partial charge in [0, 0.05) is 6.42 Å². The molecule has 0 aromatic carbocycles. The summed E-state index contributed by atoms with van der Waals surface area (Å²) in [4.78, 5) is 26.4. The Hall–Kier alpha value is -2.38. The van der Waals surface area contributed by atoms with Crippen molar-refractivity contribution < 1.29 is 49.3 Å². The molecule has 0 aromatic heterocycles. The highest BCUT2D eigenvalue weighted by atomic mass is 16.7. The van der Waals surface area contributed by atoms with Gasteiger partial charge in [-0.25, -0.2) is 0 Å². The molecule has 6 N–H and O–H groups in total. The summed E-state index contributed by atoms with van der Waals surface area (Å²) in [6.07, 6.45) is 44.4. The second-order valence-corrected chi connectivity index (χ2v) is 19.7. The molecule has 0 aliphatic carbocycles. The summed E-state index contributed by atoms with van der Waals surface area (Å²) in [6, 6.07) is -1.03. The minimum Gasteiger partial charge on any atom is -0.454 e. The second-order valence-electron chi connectivity index (χ2n) is 19.7. The maximum absolute atomic E-state index is 13.3. The molecule has 1 rings (SSSR count). The number of ether oxygens (including phenoxy) is 3. The first-order valence-corrected chi connectivity index (χ1v) is 28.4. The predicted molar refractivity (Wildman–Crippen MR) is 283 cm³/mol. The van der Waals surface area contributed by atoms with Crippen LogP contribution in [0.3, 0.4) is 0 Å². The fraction of sp³-hybridized carbons (Fsp3) is 0.828. The molecule has 1 heterocycles. The van der Waals surface area contributed by atoms with Crippen molar-refractivity contribution in [3.05, 3.63) is 48.6 Å². The SMILES string of the molecule is CCCCC/C=C/C=C/CCCCCCCC(O)C(=O)NC(COC1OC(CO)C(O)C(O)C1OC(=O)CCCCCCCCC/C=C\CCCCCC)C(O)/C=C/CCCCCCCCCCC. The Morgan fingerprint density at radius 3 is 1.54 bits per heavy atom. The fourth-order valence-electron chi connectivity index (χ4n) is 8.64. The third-order valence-electron chi connectivity index (χ3n) is 13.2. The van der Waals surface area contributed by atoms with E-state index in [1.165, 1.54) is 109 Å². The fourth-order valence-corrected chi connectivity index (χ4v) is 8.64. The van der Waals surface area contributed by atoms with Crippen LogP contribution in [0.2, 0.25) is 0 Å². The first-order valence-electron chi connectivity index (χ1n) is 28.4. The van der Waals surface area contributed by atoms with Gasteiger partial charge in [0.05, 0.1) is 25.4 Å². The van der Waals surface area contributed by atoms with Gasteiger partial charge in [0.15, 0.2) is 12.4 Å². The molecule has 402 valence electrons. The Morgan fingerprint density at radius 1 is 0.565 bits per heavy atom. The van der Waals surface area contributed by atoms with Gasteiger partial charge in [-0.2, -0.15) is 0 Å². The quantitative estimate of drug-likeness (QED) is 0.0149. The summed E-state index contributed by atoms with van der Waals surface area (Å²) in [5.41, 5.74) is 0. The maximum Gasteiger partial charge on any atom is 0.306 e. The predicted octanol–water partition coefficient (Wildman–Crippen LogP) is 12.5. The van der Waals surface area contributed by atoms with Crippen LogP contribution in [0.25, 0.3) is 0 Å². The third-order valence-corrected chi connectivity index (χ3v) is 13.2. The first-order chi connectivity index (χ1) is 33.7. The number of carbonyl (C=O) groups excluding carboxylic acids is 2. The first kappa shape index (κ1) is 64.6. The van der Waals surface area contributed by atoms with Crippen LogP contribution in [0.15, 0.2) is 48.6 Å². The van der Waals surface area contributed by atoms with Gasteiger partial charge in [-0.3, -0.25) is 9.59 Å². The van der Waals surface area contributed by atoms with Crippen LogP contribution in [0.5, 0.6) is 0 Å². The molecule has 11 nitrogen and oxygen atoms in total. The zero-order valence-electron chi connectivity index (χ0n) is 44.2. The molecular weight excluding hydrogens is 871 g/mol. The van der Waals surface area contributed by atoms with E-state index >= 15 is 0 Å². The molecule has 1 amide bonds. The summed E-state index contributed by atoms with van der Waals surface area (Å²) in [5, 5.41) is 56.7. The van der Waals surface area contributed by atoms with Gasteiger partial charge in [0.25, 0.3) is 0 Å². The minimum absolute atomic E-state index is 0.117. The van der Waals surface area contributed by atoms with E-state index in [1.54, 1.807) is 6.08 Å². The molecule has 11 heteroatoms. The van der Waals surface area contributed by atoms with Gasteiger partial charge in [0.1, 0.15) is 24.4 Å². The van der Waals surface area contributed by atoms with Crippen molar-refractivity contribution in [2.75, 3.05) is 13.2 Å². The van der Waals surface area contributed by atoms with Gasteiger partial charge in [-0.05, 0) is 77.0 Å². The highest BCUT2D eigenvalue weighted by Crippen LogP contribution is 2.26. The number of hydrogen-bond acceptors (Lipinski definition) is 10. The van der Waals surface area contributed by atoms with Crippen molar-refractivity contribution in [3.8, 4) is 0 Å². The average Bonchev–Trinajstić information content (AvgIpc) is 3.34. The number of allylic oxidation sites excluding steroid dienone is 7. The molecule has 0 saturated carbocycles. The van der Waals surface area contributed by atoms with Crippen molar-refractivity contribution in [3.63, 3.8) is 0 Å². The number of carbonyl (C=O) groups is 2. The molecule has 1 aliphatic heterocycles. The highest BCUT2D eigenvalue weighted by Gasteiger charge is 2.47. The van der Waals surface area contributed by atoms with E-state index in [-0.39, 0.29) is 19.4 Å². The van der Waals surface area contributed by atoms with Gasteiger partial charge in [-0.1, -0.05) is 211 Å². The highest BCUT2D eigenvalue weighted by molar-refractivity contribution is 5.80. The Balaban J connectivity index is 2.74. The summed E-state index contributed by atoms with van der Waals surface area (Å²) in [7, 11) is 0. The van der Waals surface area contributed by atoms with Crippen molar-refractivity contribution >= 4 is 11.9 Å². The maximum atomic E-state index is 13.3. The van der Waals surface area contributed by atoms with Crippen LogP contribution in [-0.2, 0) is 23.8 Å². The zero-order valence-corrected chi connectivity index (χ0v) is 44.2. The van der Waals surface area contributed by atoms with Crippen LogP contribution >= 0.6 is 0 Å². The lowest BCUT2D eigenvalue weighted by Crippen LogP contribution is -2.61. The second kappa shape index (κ2) is 46.7. The minimum atomic E-state index is -1.62. The molecule has 8 atom stereocenters. The molecule has 0 aromatic rings. The van der Waals surface area contributed by atoms with E-state index in [0.29, 0.717) is 12.8 Å². The van der Waals surface area contributed by atoms with E-state index in [2.05, 4.69) is 62.5 Å². The topological polar surface area (TPSA) is 175 Å². The van der Waals surface area contributed by atoms with Crippen LogP contribution in [-0.4, -0.2) is 99.6 Å². The molecule has 1 aliphatic rings. The van der Waals surface area contributed by atoms with Crippen molar-refractivity contribution in [2.45, 2.75) is 294 Å². The summed E-state index contributed by atoms with van der Waals surface area (Å²) < 4.78 is 17.5. The Labute approximate surface area is 421 Å². The normalized spacial score (nSPS) is 20.1. The van der Waals surface area contributed by atoms with Crippen LogP contribution in [0.4, 0.5) is 0 Å². The molecule has 1 fully saturated rings. The van der Waals surface area contributed by atoms with E-state index in [4.69, 9.17) is 14.2 Å². The van der Waals surface area contributed by atoms with Crippen molar-refractivity contribution in [1.82, 2.24) is 5.32 Å². The van der Waals surface area contributed by atoms with Gasteiger partial charge >= 0.3 is 5.97 Å². The Morgan fingerprint density at radius 2 is 1.00 bits per heavy atom. The number of rotatable bonds is 47. The summed E-state index contributed by atoms with van der Waals surface area (Å²) >= 11 is 0. The number of nitrogens with one attached hydrogen (secondary N) is 1. The van der Waals surface area contributed by atoms with E-state index < -0.39 is 67.4 Å². The standard InChI is InChI=1S/C58H105NO10/c1-4-7-10-13-16-19-22-24-26-28-31-34-37-40-43-46-53(63)69-56-55(65)54(64)52(47-60)68-58(56)67-48-49(50(61)44-41-38-35-32-29-21-18-15-12-9-6-3)59-57(66)51(62)45-42-39-36-33-30-27-25-23-20-17-14-11-8-5-2/h17,19-20,22-23,25,41,44,49-52,54-56,58,60-62,64-65H,4-16,18,21,24,26-40,42-43,45-48H2,1-3H3,(H,59,66)/b20-17+,22-19-,25-23+,44-41+. The summed E-state index contributed by atoms with van der Waals surface area (Å²) in [5.74, 6) is -1.21. The Bertz CT molecular complexity index is 1300. The largest absolute Gasteiger partial charge is 0.454 e. The van der Waals surface area contributed by atoms with Crippen molar-refractivity contribution in [2.24, 2.45) is 0 Å². The van der Waals surface area contributed by atoms with E-state index in [1.807, 2.05) is 6.08 Å². The van der Waals surface area contributed by atoms with E-state index in [9.17, 15) is 35.1 Å². The smallest absolute Gasteiger partial charge is 0.306 e. The molecule has 0 radical (unpaired) electrons. The molecule has 1 saturated heterocycles. The summed E-state index contributed by atoms with van der Waals surface area (Å²) in [6.45, 7) is 5.71.